The van der Waals surface area contributed by atoms with Gasteiger partial charge in [-0.1, -0.05) is 32.8 Å². The van der Waals surface area contributed by atoms with Crippen LogP contribution in [0, 0.1) is 0 Å². The maximum absolute atomic E-state index is 11.6. The van der Waals surface area contributed by atoms with Gasteiger partial charge in [0.15, 0.2) is 0 Å². The molecule has 0 aliphatic heterocycles. The molecule has 0 aliphatic carbocycles. The van der Waals surface area contributed by atoms with Crippen LogP contribution in [-0.4, -0.2) is 31.3 Å². The van der Waals surface area contributed by atoms with Gasteiger partial charge in [-0.05, 0) is 37.1 Å². The standard InChI is InChI=1S/C23H31NO5/c1-4-8-16-19(25)10-6-11-20(16)28-14-7-15-29-21-13-12-18(23(24)26)22(27-3)17(21)9-5-2/h6,10-13,25H,4-5,7-9,14-15H2,1-3H3,(H2,24,26). The molecule has 0 aromatic heterocycles. The van der Waals surface area contributed by atoms with Gasteiger partial charge < -0.3 is 25.1 Å². The van der Waals surface area contributed by atoms with Crippen LogP contribution < -0.4 is 19.9 Å². The minimum atomic E-state index is -0.520. The number of amides is 1. The second-order valence-electron chi connectivity index (χ2n) is 6.79. The number of primary amides is 1. The number of ether oxygens (including phenoxy) is 3. The van der Waals surface area contributed by atoms with Crippen molar-refractivity contribution in [1.82, 2.24) is 0 Å². The molecule has 6 nitrogen and oxygen atoms in total. The number of phenolic OH excluding ortho intramolecular Hbond substituents is 1. The largest absolute Gasteiger partial charge is 0.508 e. The highest BCUT2D eigenvalue weighted by atomic mass is 16.5. The van der Waals surface area contributed by atoms with Crippen molar-refractivity contribution in [2.75, 3.05) is 20.3 Å². The minimum absolute atomic E-state index is 0.270. The third-order valence-corrected chi connectivity index (χ3v) is 4.60. The fraction of sp³-hybridized carbons (Fsp3) is 0.435. The molecule has 0 saturated carbocycles. The van der Waals surface area contributed by atoms with Crippen LogP contribution in [0.25, 0.3) is 0 Å². The molecule has 0 heterocycles. The highest BCUT2D eigenvalue weighted by Crippen LogP contribution is 2.33. The van der Waals surface area contributed by atoms with Gasteiger partial charge in [0.05, 0.1) is 25.9 Å². The molecular formula is C23H31NO5. The first-order chi connectivity index (χ1) is 14.0. The van der Waals surface area contributed by atoms with Gasteiger partial charge in [0.25, 0.3) is 5.91 Å². The zero-order valence-electron chi connectivity index (χ0n) is 17.5. The molecule has 158 valence electrons. The monoisotopic (exact) mass is 401 g/mol. The van der Waals surface area contributed by atoms with Crippen LogP contribution in [-0.2, 0) is 12.8 Å². The quantitative estimate of drug-likeness (QED) is 0.519. The van der Waals surface area contributed by atoms with Gasteiger partial charge in [0, 0.05) is 17.5 Å². The number of carbonyl (C=O) groups excluding carboxylic acids is 1. The molecule has 2 aromatic carbocycles. The zero-order chi connectivity index (χ0) is 21.2. The van der Waals surface area contributed by atoms with E-state index in [-0.39, 0.29) is 5.75 Å². The third kappa shape index (κ3) is 5.79. The van der Waals surface area contributed by atoms with E-state index in [1.54, 1.807) is 24.3 Å². The van der Waals surface area contributed by atoms with Crippen molar-refractivity contribution in [2.24, 2.45) is 5.73 Å². The Morgan fingerprint density at radius 2 is 1.59 bits per heavy atom. The number of hydrogen-bond donors (Lipinski definition) is 2. The van der Waals surface area contributed by atoms with Gasteiger partial charge in [-0.3, -0.25) is 4.79 Å². The Kier molecular flexibility index (Phi) is 8.65. The summed E-state index contributed by atoms with van der Waals surface area (Å²) < 4.78 is 17.2. The summed E-state index contributed by atoms with van der Waals surface area (Å²) in [5.74, 6) is 1.64. The molecule has 0 fully saturated rings. The first-order valence-corrected chi connectivity index (χ1v) is 10.1. The fourth-order valence-electron chi connectivity index (χ4n) is 3.27. The lowest BCUT2D eigenvalue weighted by molar-refractivity contribution is 0.0997. The van der Waals surface area contributed by atoms with E-state index in [1.807, 2.05) is 6.07 Å². The highest BCUT2D eigenvalue weighted by Gasteiger charge is 2.18. The normalized spacial score (nSPS) is 10.6. The lowest BCUT2D eigenvalue weighted by Gasteiger charge is -2.17. The molecule has 6 heteroatoms. The van der Waals surface area contributed by atoms with Crippen molar-refractivity contribution in [2.45, 2.75) is 46.0 Å². The summed E-state index contributed by atoms with van der Waals surface area (Å²) in [5.41, 5.74) is 7.50. The summed E-state index contributed by atoms with van der Waals surface area (Å²) in [5, 5.41) is 10.0. The SMILES string of the molecule is CCCc1c(O)cccc1OCCCOc1ccc(C(N)=O)c(OC)c1CCC. The summed E-state index contributed by atoms with van der Waals surface area (Å²) >= 11 is 0. The Hall–Kier alpha value is -2.89. The molecule has 2 rings (SSSR count). The Morgan fingerprint density at radius 3 is 2.17 bits per heavy atom. The Morgan fingerprint density at radius 1 is 0.966 bits per heavy atom. The van der Waals surface area contributed by atoms with Gasteiger partial charge >= 0.3 is 0 Å². The average Bonchev–Trinajstić information content (AvgIpc) is 2.70. The smallest absolute Gasteiger partial charge is 0.252 e. The predicted octanol–water partition coefficient (Wildman–Crippen LogP) is 4.25. The first-order valence-electron chi connectivity index (χ1n) is 10.1. The van der Waals surface area contributed by atoms with E-state index in [9.17, 15) is 9.90 Å². The van der Waals surface area contributed by atoms with E-state index in [1.165, 1.54) is 7.11 Å². The maximum Gasteiger partial charge on any atom is 0.252 e. The molecule has 0 unspecified atom stereocenters. The summed E-state index contributed by atoms with van der Waals surface area (Å²) in [6, 6.07) is 8.74. The van der Waals surface area contributed by atoms with Crippen LogP contribution in [0.5, 0.6) is 23.0 Å². The third-order valence-electron chi connectivity index (χ3n) is 4.60. The first kappa shape index (κ1) is 22.4. The van der Waals surface area contributed by atoms with Crippen molar-refractivity contribution in [3.63, 3.8) is 0 Å². The van der Waals surface area contributed by atoms with E-state index < -0.39 is 5.91 Å². The number of nitrogens with two attached hydrogens (primary N) is 1. The van der Waals surface area contributed by atoms with Gasteiger partial charge in [-0.2, -0.15) is 0 Å². The summed E-state index contributed by atoms with van der Waals surface area (Å²) in [7, 11) is 1.53. The van der Waals surface area contributed by atoms with Gasteiger partial charge in [0.2, 0.25) is 0 Å². The molecule has 0 atom stereocenters. The lowest BCUT2D eigenvalue weighted by Crippen LogP contribution is -2.14. The van der Waals surface area contributed by atoms with E-state index in [2.05, 4.69) is 13.8 Å². The Bertz CT molecular complexity index is 819. The molecule has 0 spiro atoms. The van der Waals surface area contributed by atoms with Crippen LogP contribution in [0.1, 0.15) is 54.6 Å². The molecule has 2 aromatic rings. The van der Waals surface area contributed by atoms with Crippen LogP contribution in [0.2, 0.25) is 0 Å². The molecule has 0 bridgehead atoms. The van der Waals surface area contributed by atoms with Crippen molar-refractivity contribution in [3.8, 4) is 23.0 Å². The van der Waals surface area contributed by atoms with Crippen LogP contribution in [0.4, 0.5) is 0 Å². The van der Waals surface area contributed by atoms with Crippen molar-refractivity contribution >= 4 is 5.91 Å². The molecule has 0 radical (unpaired) electrons. The van der Waals surface area contributed by atoms with E-state index in [4.69, 9.17) is 19.9 Å². The zero-order valence-corrected chi connectivity index (χ0v) is 17.5. The molecular weight excluding hydrogens is 370 g/mol. The maximum atomic E-state index is 11.6. The van der Waals surface area contributed by atoms with Crippen molar-refractivity contribution in [1.29, 1.82) is 0 Å². The van der Waals surface area contributed by atoms with Crippen molar-refractivity contribution < 1.29 is 24.1 Å². The predicted molar refractivity (Wildman–Crippen MR) is 113 cm³/mol. The Labute approximate surface area is 172 Å². The number of carbonyl (C=O) groups is 1. The minimum Gasteiger partial charge on any atom is -0.508 e. The van der Waals surface area contributed by atoms with Crippen molar-refractivity contribution in [3.05, 3.63) is 47.0 Å². The molecule has 3 N–H and O–H groups in total. The van der Waals surface area contributed by atoms with E-state index in [0.717, 1.165) is 36.8 Å². The number of methoxy groups -OCH3 is 1. The molecule has 0 saturated heterocycles. The molecule has 0 aliphatic rings. The fourth-order valence-corrected chi connectivity index (χ4v) is 3.27. The van der Waals surface area contributed by atoms with Gasteiger partial charge in [-0.15, -0.1) is 0 Å². The molecule has 29 heavy (non-hydrogen) atoms. The highest BCUT2D eigenvalue weighted by molar-refractivity contribution is 5.96. The van der Waals surface area contributed by atoms with Crippen LogP contribution in [0.3, 0.4) is 0 Å². The van der Waals surface area contributed by atoms with Crippen LogP contribution in [0.15, 0.2) is 30.3 Å². The summed E-state index contributed by atoms with van der Waals surface area (Å²) in [4.78, 5) is 11.6. The van der Waals surface area contributed by atoms with Gasteiger partial charge in [0.1, 0.15) is 23.0 Å². The number of aromatic hydroxyl groups is 1. The van der Waals surface area contributed by atoms with Gasteiger partial charge in [-0.25, -0.2) is 0 Å². The number of hydrogen-bond acceptors (Lipinski definition) is 5. The summed E-state index contributed by atoms with van der Waals surface area (Å²) in [6.45, 7) is 5.05. The van der Waals surface area contributed by atoms with E-state index >= 15 is 0 Å². The average molecular weight is 402 g/mol. The lowest BCUT2D eigenvalue weighted by atomic mass is 10.0. The van der Waals surface area contributed by atoms with Crippen LogP contribution >= 0.6 is 0 Å². The summed E-state index contributed by atoms with van der Waals surface area (Å²) in [6.07, 6.45) is 3.98. The second kappa shape index (κ2) is 11.2. The Balaban J connectivity index is 1.99. The van der Waals surface area contributed by atoms with E-state index in [0.29, 0.717) is 42.4 Å². The number of rotatable bonds is 12. The molecule has 1 amide bonds. The number of benzene rings is 2. The topological polar surface area (TPSA) is 91.0 Å². The second-order valence-corrected chi connectivity index (χ2v) is 6.79. The number of phenols is 1.